The quantitative estimate of drug-likeness (QED) is 0.756. The normalized spacial score (nSPS) is 12.8. The molecule has 17 heavy (non-hydrogen) atoms. The average Bonchev–Trinajstić information content (AvgIpc) is 2.62. The van der Waals surface area contributed by atoms with Crippen LogP contribution in [0.15, 0.2) is 12.4 Å². The molecule has 5 nitrogen and oxygen atoms in total. The van der Waals surface area contributed by atoms with E-state index in [2.05, 4.69) is 24.3 Å². The fourth-order valence-electron chi connectivity index (χ4n) is 1.81. The number of nitrogens with zero attached hydrogens (tertiary/aromatic N) is 2. The summed E-state index contributed by atoms with van der Waals surface area (Å²) in [5, 5.41) is 6.98. The molecule has 1 aromatic rings. The molecule has 0 fully saturated rings. The number of aryl methyl sites for hydroxylation is 1. The summed E-state index contributed by atoms with van der Waals surface area (Å²) in [6, 6.07) is 0.0687. The highest BCUT2D eigenvalue weighted by atomic mass is 16.1. The lowest BCUT2D eigenvalue weighted by atomic mass is 10.0. The second-order valence-corrected chi connectivity index (χ2v) is 4.83. The highest BCUT2D eigenvalue weighted by Crippen LogP contribution is 2.04. The van der Waals surface area contributed by atoms with Crippen LogP contribution in [0.1, 0.15) is 25.8 Å². The molecule has 0 saturated heterocycles. The van der Waals surface area contributed by atoms with Gasteiger partial charge >= 0.3 is 0 Å². The Hall–Kier alpha value is -1.36. The number of hydrogen-bond donors (Lipinski definition) is 2. The number of rotatable bonds is 6. The highest BCUT2D eigenvalue weighted by Gasteiger charge is 2.13. The van der Waals surface area contributed by atoms with Crippen LogP contribution in [0.2, 0.25) is 0 Å². The van der Waals surface area contributed by atoms with E-state index in [0.717, 1.165) is 12.0 Å². The Labute approximate surface area is 102 Å². The molecular formula is C12H22N4O. The van der Waals surface area contributed by atoms with Crippen molar-refractivity contribution in [3.8, 4) is 0 Å². The Kier molecular flexibility index (Phi) is 5.15. The summed E-state index contributed by atoms with van der Waals surface area (Å²) in [6.45, 7) is 4.73. The number of amides is 1. The van der Waals surface area contributed by atoms with Crippen LogP contribution in [-0.2, 0) is 18.3 Å². The SMILES string of the molecule is CC(C)CC(CN)NC(=O)Cc1cnn(C)c1. The third kappa shape index (κ3) is 4.99. The number of nitrogens with one attached hydrogen (secondary N) is 1. The van der Waals surface area contributed by atoms with Crippen molar-refractivity contribution >= 4 is 5.91 Å². The monoisotopic (exact) mass is 238 g/mol. The minimum absolute atomic E-state index is 0.00843. The summed E-state index contributed by atoms with van der Waals surface area (Å²) >= 11 is 0. The van der Waals surface area contributed by atoms with Crippen LogP contribution in [0, 0.1) is 5.92 Å². The van der Waals surface area contributed by atoms with Gasteiger partial charge in [0.2, 0.25) is 5.91 Å². The smallest absolute Gasteiger partial charge is 0.224 e. The first kappa shape index (κ1) is 13.7. The second-order valence-electron chi connectivity index (χ2n) is 4.83. The molecular weight excluding hydrogens is 216 g/mol. The summed E-state index contributed by atoms with van der Waals surface area (Å²) in [4.78, 5) is 11.8. The first-order valence-electron chi connectivity index (χ1n) is 5.98. The summed E-state index contributed by atoms with van der Waals surface area (Å²) in [5.41, 5.74) is 6.56. The van der Waals surface area contributed by atoms with Crippen molar-refractivity contribution in [1.82, 2.24) is 15.1 Å². The van der Waals surface area contributed by atoms with E-state index in [9.17, 15) is 4.79 Å². The molecule has 1 atom stereocenters. The molecule has 0 spiro atoms. The van der Waals surface area contributed by atoms with E-state index in [-0.39, 0.29) is 11.9 Å². The maximum Gasteiger partial charge on any atom is 0.224 e. The molecule has 0 aliphatic rings. The third-order valence-corrected chi connectivity index (χ3v) is 2.53. The molecule has 1 heterocycles. The Bertz CT molecular complexity index is 359. The Morgan fingerprint density at radius 3 is 2.76 bits per heavy atom. The fourth-order valence-corrected chi connectivity index (χ4v) is 1.81. The van der Waals surface area contributed by atoms with Gasteiger partial charge in [0, 0.05) is 25.8 Å². The first-order valence-corrected chi connectivity index (χ1v) is 5.98. The number of carbonyl (C=O) groups is 1. The zero-order chi connectivity index (χ0) is 12.8. The molecule has 1 aromatic heterocycles. The van der Waals surface area contributed by atoms with Crippen molar-refractivity contribution in [2.24, 2.45) is 18.7 Å². The summed E-state index contributed by atoms with van der Waals surface area (Å²) in [7, 11) is 1.84. The van der Waals surface area contributed by atoms with Gasteiger partial charge in [-0.25, -0.2) is 0 Å². The first-order chi connectivity index (χ1) is 8.01. The van der Waals surface area contributed by atoms with Crippen LogP contribution in [0.5, 0.6) is 0 Å². The Morgan fingerprint density at radius 2 is 2.29 bits per heavy atom. The van der Waals surface area contributed by atoms with Crippen molar-refractivity contribution in [1.29, 1.82) is 0 Å². The van der Waals surface area contributed by atoms with Crippen LogP contribution in [0.3, 0.4) is 0 Å². The molecule has 1 amide bonds. The molecule has 1 rings (SSSR count). The van der Waals surface area contributed by atoms with Crippen molar-refractivity contribution in [3.63, 3.8) is 0 Å². The van der Waals surface area contributed by atoms with Crippen LogP contribution in [0.25, 0.3) is 0 Å². The Morgan fingerprint density at radius 1 is 1.59 bits per heavy atom. The summed E-state index contributed by atoms with van der Waals surface area (Å²) in [6.07, 6.45) is 4.83. The number of nitrogens with two attached hydrogens (primary N) is 1. The van der Waals surface area contributed by atoms with Gasteiger partial charge in [0.25, 0.3) is 0 Å². The van der Waals surface area contributed by atoms with E-state index >= 15 is 0 Å². The van der Waals surface area contributed by atoms with Gasteiger partial charge in [-0.1, -0.05) is 13.8 Å². The van der Waals surface area contributed by atoms with Crippen LogP contribution in [0.4, 0.5) is 0 Å². The van der Waals surface area contributed by atoms with Crippen LogP contribution >= 0.6 is 0 Å². The van der Waals surface area contributed by atoms with Gasteiger partial charge in [0.05, 0.1) is 12.6 Å². The second kappa shape index (κ2) is 6.39. The van der Waals surface area contributed by atoms with Crippen LogP contribution < -0.4 is 11.1 Å². The molecule has 0 aliphatic carbocycles. The van der Waals surface area contributed by atoms with Crippen LogP contribution in [-0.4, -0.2) is 28.3 Å². The van der Waals surface area contributed by atoms with Gasteiger partial charge in [-0.2, -0.15) is 5.10 Å². The van der Waals surface area contributed by atoms with Gasteiger partial charge in [0.1, 0.15) is 0 Å². The van der Waals surface area contributed by atoms with Crippen molar-refractivity contribution in [3.05, 3.63) is 18.0 Å². The van der Waals surface area contributed by atoms with E-state index in [1.807, 2.05) is 13.2 Å². The van der Waals surface area contributed by atoms with Gasteiger partial charge in [-0.15, -0.1) is 0 Å². The third-order valence-electron chi connectivity index (χ3n) is 2.53. The molecule has 3 N–H and O–H groups in total. The van der Waals surface area contributed by atoms with E-state index in [1.54, 1.807) is 10.9 Å². The fraction of sp³-hybridized carbons (Fsp3) is 0.667. The number of carbonyl (C=O) groups excluding carboxylic acids is 1. The molecule has 0 aliphatic heterocycles. The van der Waals surface area contributed by atoms with Crippen molar-refractivity contribution in [2.45, 2.75) is 32.7 Å². The van der Waals surface area contributed by atoms with Gasteiger partial charge < -0.3 is 11.1 Å². The zero-order valence-corrected chi connectivity index (χ0v) is 10.8. The highest BCUT2D eigenvalue weighted by molar-refractivity contribution is 5.78. The lowest BCUT2D eigenvalue weighted by Crippen LogP contribution is -2.41. The van der Waals surface area contributed by atoms with Gasteiger partial charge in [-0.3, -0.25) is 9.48 Å². The van der Waals surface area contributed by atoms with E-state index < -0.39 is 0 Å². The average molecular weight is 238 g/mol. The summed E-state index contributed by atoms with van der Waals surface area (Å²) in [5.74, 6) is 0.538. The Balaban J connectivity index is 2.42. The molecule has 0 aromatic carbocycles. The van der Waals surface area contributed by atoms with Crippen molar-refractivity contribution < 1.29 is 4.79 Å². The van der Waals surface area contributed by atoms with E-state index in [4.69, 9.17) is 5.73 Å². The van der Waals surface area contributed by atoms with Gasteiger partial charge in [0.15, 0.2) is 0 Å². The molecule has 5 heteroatoms. The minimum atomic E-state index is 0.00843. The maximum absolute atomic E-state index is 11.8. The standard InChI is InChI=1S/C12H22N4O/c1-9(2)4-11(6-13)15-12(17)5-10-7-14-16(3)8-10/h7-9,11H,4-6,13H2,1-3H3,(H,15,17). The largest absolute Gasteiger partial charge is 0.352 e. The lowest BCUT2D eigenvalue weighted by Gasteiger charge is -2.18. The predicted molar refractivity (Wildman–Crippen MR) is 67.4 cm³/mol. The molecule has 96 valence electrons. The van der Waals surface area contributed by atoms with Crippen molar-refractivity contribution in [2.75, 3.05) is 6.54 Å². The summed E-state index contributed by atoms with van der Waals surface area (Å²) < 4.78 is 1.69. The van der Waals surface area contributed by atoms with E-state index in [1.165, 1.54) is 0 Å². The number of aromatic nitrogens is 2. The topological polar surface area (TPSA) is 72.9 Å². The lowest BCUT2D eigenvalue weighted by molar-refractivity contribution is -0.121. The van der Waals surface area contributed by atoms with Gasteiger partial charge in [-0.05, 0) is 17.9 Å². The maximum atomic E-state index is 11.8. The van der Waals surface area contributed by atoms with E-state index in [0.29, 0.717) is 18.9 Å². The predicted octanol–water partition coefficient (Wildman–Crippen LogP) is 0.452. The zero-order valence-electron chi connectivity index (χ0n) is 10.8. The molecule has 0 radical (unpaired) electrons. The minimum Gasteiger partial charge on any atom is -0.352 e. The molecule has 0 saturated carbocycles. The molecule has 1 unspecified atom stereocenters. The number of hydrogen-bond acceptors (Lipinski definition) is 3. The molecule has 0 bridgehead atoms.